The molecule has 1 atom stereocenters. The Morgan fingerprint density at radius 2 is 2.11 bits per heavy atom. The minimum atomic E-state index is -0.636. The highest BCUT2D eigenvalue weighted by atomic mass is 16.5. The van der Waals surface area contributed by atoms with E-state index in [-0.39, 0.29) is 11.7 Å². The second-order valence-electron chi connectivity index (χ2n) is 7.66. The fourth-order valence-corrected chi connectivity index (χ4v) is 4.30. The summed E-state index contributed by atoms with van der Waals surface area (Å²) in [5, 5.41) is 5.23. The van der Waals surface area contributed by atoms with Gasteiger partial charge in [0.15, 0.2) is 11.4 Å². The predicted molar refractivity (Wildman–Crippen MR) is 103 cm³/mol. The van der Waals surface area contributed by atoms with Gasteiger partial charge in [-0.25, -0.2) is 4.98 Å². The molecule has 7 heteroatoms. The van der Waals surface area contributed by atoms with Gasteiger partial charge in [0.1, 0.15) is 11.4 Å². The van der Waals surface area contributed by atoms with E-state index in [1.165, 1.54) is 0 Å². The van der Waals surface area contributed by atoms with Gasteiger partial charge < -0.3 is 9.64 Å². The maximum absolute atomic E-state index is 13.1. The first-order valence-electron chi connectivity index (χ1n) is 9.36. The Kier molecular flexibility index (Phi) is 3.56. The zero-order chi connectivity index (χ0) is 19.5. The van der Waals surface area contributed by atoms with Crippen molar-refractivity contribution in [3.8, 4) is 5.75 Å². The second kappa shape index (κ2) is 5.89. The number of hydrogen-bond acceptors (Lipinski definition) is 5. The molecule has 28 heavy (non-hydrogen) atoms. The Morgan fingerprint density at radius 1 is 1.29 bits per heavy atom. The van der Waals surface area contributed by atoms with Gasteiger partial charge in [-0.3, -0.25) is 14.3 Å². The third-order valence-corrected chi connectivity index (χ3v) is 5.71. The lowest BCUT2D eigenvalue weighted by Crippen LogP contribution is -2.45. The zero-order valence-corrected chi connectivity index (χ0v) is 15.8. The van der Waals surface area contributed by atoms with Crippen LogP contribution in [-0.4, -0.2) is 50.0 Å². The highest BCUT2D eigenvalue weighted by Gasteiger charge is 2.47. The summed E-state index contributed by atoms with van der Waals surface area (Å²) < 4.78 is 7.93. The summed E-state index contributed by atoms with van der Waals surface area (Å²) in [6.07, 6.45) is 2.53. The van der Waals surface area contributed by atoms with Gasteiger partial charge in [0.05, 0.1) is 29.8 Å². The first kappa shape index (κ1) is 16.9. The number of Topliss-reactive ketones (excluding diaryl/α,β-unsaturated/α-hetero) is 1. The molecule has 2 aromatic heterocycles. The zero-order valence-electron chi connectivity index (χ0n) is 15.8. The third kappa shape index (κ3) is 2.50. The molecule has 2 aliphatic heterocycles. The van der Waals surface area contributed by atoms with Crippen molar-refractivity contribution in [2.45, 2.75) is 25.4 Å². The summed E-state index contributed by atoms with van der Waals surface area (Å²) in [5.74, 6) is 0.594. The second-order valence-corrected chi connectivity index (χ2v) is 7.66. The molecule has 4 heterocycles. The molecule has 1 fully saturated rings. The molecule has 1 saturated heterocycles. The van der Waals surface area contributed by atoms with Crippen LogP contribution >= 0.6 is 0 Å². The van der Waals surface area contributed by atoms with Crippen LogP contribution in [-0.2, 0) is 7.05 Å². The van der Waals surface area contributed by atoms with Gasteiger partial charge in [0, 0.05) is 31.6 Å². The average Bonchev–Trinajstić information content (AvgIpc) is 3.22. The van der Waals surface area contributed by atoms with Gasteiger partial charge in [0.25, 0.3) is 5.91 Å². The molecule has 1 aromatic carbocycles. The highest BCUT2D eigenvalue weighted by Crippen LogP contribution is 2.39. The van der Waals surface area contributed by atoms with E-state index in [0.717, 1.165) is 16.7 Å². The first-order chi connectivity index (χ1) is 13.5. The van der Waals surface area contributed by atoms with E-state index in [0.29, 0.717) is 42.8 Å². The normalized spacial score (nSPS) is 21.2. The molecule has 0 saturated carbocycles. The topological polar surface area (TPSA) is 77.3 Å². The van der Waals surface area contributed by atoms with Crippen molar-refractivity contribution < 1.29 is 14.3 Å². The van der Waals surface area contributed by atoms with E-state index in [9.17, 15) is 9.59 Å². The number of para-hydroxylation sites is 1. The average molecular weight is 376 g/mol. The number of benzene rings is 1. The smallest absolute Gasteiger partial charge is 0.255 e. The van der Waals surface area contributed by atoms with Crippen LogP contribution in [0.25, 0.3) is 11.0 Å². The largest absolute Gasteiger partial charge is 0.484 e. The molecule has 0 radical (unpaired) electrons. The number of amides is 1. The quantitative estimate of drug-likeness (QED) is 0.652. The van der Waals surface area contributed by atoms with E-state index in [4.69, 9.17) is 4.74 Å². The van der Waals surface area contributed by atoms with Gasteiger partial charge in [-0.1, -0.05) is 12.1 Å². The molecule has 1 unspecified atom stereocenters. The number of pyridine rings is 1. The van der Waals surface area contributed by atoms with Crippen molar-refractivity contribution in [1.29, 1.82) is 0 Å². The number of carbonyl (C=O) groups excluding carboxylic acids is 2. The van der Waals surface area contributed by atoms with E-state index >= 15 is 0 Å². The number of aromatic nitrogens is 3. The lowest BCUT2D eigenvalue weighted by molar-refractivity contribution is 0.0428. The van der Waals surface area contributed by atoms with Crippen LogP contribution in [0.2, 0.25) is 0 Å². The van der Waals surface area contributed by atoms with E-state index in [2.05, 4.69) is 10.1 Å². The maximum Gasteiger partial charge on any atom is 0.255 e. The summed E-state index contributed by atoms with van der Waals surface area (Å²) in [5.41, 5.74) is 2.12. The molecule has 1 spiro atoms. The third-order valence-electron chi connectivity index (χ3n) is 5.71. The minimum absolute atomic E-state index is 0.0743. The lowest BCUT2D eigenvalue weighted by Gasteiger charge is -2.34. The molecule has 2 aliphatic rings. The molecule has 5 rings (SSSR count). The Morgan fingerprint density at radius 3 is 2.96 bits per heavy atom. The summed E-state index contributed by atoms with van der Waals surface area (Å²) in [4.78, 5) is 31.8. The van der Waals surface area contributed by atoms with Gasteiger partial charge in [0.2, 0.25) is 0 Å². The highest BCUT2D eigenvalue weighted by molar-refractivity contribution is 6.01. The summed E-state index contributed by atoms with van der Waals surface area (Å²) in [7, 11) is 1.84. The Hall–Kier alpha value is -3.22. The molecule has 0 bridgehead atoms. The maximum atomic E-state index is 13.1. The van der Waals surface area contributed by atoms with Crippen LogP contribution in [0.1, 0.15) is 39.3 Å². The van der Waals surface area contributed by atoms with E-state index in [1.54, 1.807) is 21.8 Å². The molecule has 7 nitrogen and oxygen atoms in total. The van der Waals surface area contributed by atoms with Gasteiger partial charge in [-0.2, -0.15) is 5.10 Å². The Balaban J connectivity index is 1.41. The number of likely N-dealkylation sites (tertiary alicyclic amines) is 1. The summed E-state index contributed by atoms with van der Waals surface area (Å²) in [6.45, 7) is 2.86. The molecule has 0 aliphatic carbocycles. The van der Waals surface area contributed by atoms with Crippen LogP contribution < -0.4 is 4.74 Å². The van der Waals surface area contributed by atoms with Gasteiger partial charge in [-0.15, -0.1) is 0 Å². The van der Waals surface area contributed by atoms with E-state index < -0.39 is 5.60 Å². The fraction of sp³-hybridized carbons (Fsp3) is 0.333. The van der Waals surface area contributed by atoms with Crippen LogP contribution in [0.5, 0.6) is 5.75 Å². The number of fused-ring (bicyclic) bond motifs is 2. The number of nitrogens with zero attached hydrogens (tertiary/aromatic N) is 4. The predicted octanol–water partition coefficient (Wildman–Crippen LogP) is 2.53. The number of ketones is 1. The molecular weight excluding hydrogens is 356 g/mol. The van der Waals surface area contributed by atoms with Gasteiger partial charge >= 0.3 is 0 Å². The van der Waals surface area contributed by atoms with Crippen molar-refractivity contribution >= 4 is 22.7 Å². The van der Waals surface area contributed by atoms with Crippen LogP contribution in [0, 0.1) is 6.92 Å². The molecular formula is C21H20N4O3. The van der Waals surface area contributed by atoms with E-state index in [1.807, 2.05) is 38.2 Å². The number of hydrogen-bond donors (Lipinski definition) is 0. The lowest BCUT2D eigenvalue weighted by atomic mass is 9.89. The molecule has 1 amide bonds. The Labute approximate surface area is 161 Å². The monoisotopic (exact) mass is 376 g/mol. The van der Waals surface area contributed by atoms with Crippen molar-refractivity contribution in [3.05, 3.63) is 53.3 Å². The van der Waals surface area contributed by atoms with Crippen LogP contribution in [0.4, 0.5) is 0 Å². The van der Waals surface area contributed by atoms with Crippen molar-refractivity contribution in [3.63, 3.8) is 0 Å². The molecule has 3 aromatic rings. The molecule has 0 N–H and O–H groups in total. The van der Waals surface area contributed by atoms with Crippen molar-refractivity contribution in [2.75, 3.05) is 13.1 Å². The summed E-state index contributed by atoms with van der Waals surface area (Å²) in [6, 6.07) is 9.16. The minimum Gasteiger partial charge on any atom is -0.484 e. The first-order valence-corrected chi connectivity index (χ1v) is 9.36. The van der Waals surface area contributed by atoms with Crippen molar-refractivity contribution in [2.24, 2.45) is 7.05 Å². The molecule has 142 valence electrons. The van der Waals surface area contributed by atoms with Crippen LogP contribution in [0.15, 0.2) is 36.5 Å². The Bertz CT molecular complexity index is 1140. The number of rotatable bonds is 1. The fourth-order valence-electron chi connectivity index (χ4n) is 4.30. The van der Waals surface area contributed by atoms with Gasteiger partial charge in [-0.05, 0) is 25.1 Å². The standard InChI is InChI=1S/C21H20N4O3/c1-13-16-9-14(11-22-19(16)24(2)23-13)20(27)25-8-7-21(12-25)10-17(26)15-5-3-4-6-18(15)28-21/h3-6,9,11H,7-8,10,12H2,1-2H3. The van der Waals surface area contributed by atoms with Crippen LogP contribution in [0.3, 0.4) is 0 Å². The number of carbonyl (C=O) groups is 2. The SMILES string of the molecule is Cc1nn(C)c2ncc(C(=O)N3CCC4(CC(=O)c5ccccc5O4)C3)cc12. The summed E-state index contributed by atoms with van der Waals surface area (Å²) >= 11 is 0. The van der Waals surface area contributed by atoms with Crippen molar-refractivity contribution in [1.82, 2.24) is 19.7 Å². The number of aryl methyl sites for hydroxylation is 2. The number of ether oxygens (including phenoxy) is 1.